The summed E-state index contributed by atoms with van der Waals surface area (Å²) in [5.41, 5.74) is 1.73. The van der Waals surface area contributed by atoms with Crippen molar-refractivity contribution in [2.24, 2.45) is 0 Å². The van der Waals surface area contributed by atoms with Gasteiger partial charge in [-0.2, -0.15) is 0 Å². The topological polar surface area (TPSA) is 53.3 Å². The number of aromatic nitrogens is 2. The van der Waals surface area contributed by atoms with Crippen LogP contribution in [0.1, 0.15) is 10.5 Å². The molecule has 0 atom stereocenters. The van der Waals surface area contributed by atoms with Gasteiger partial charge in [0.05, 0.1) is 7.11 Å². The van der Waals surface area contributed by atoms with Crippen LogP contribution >= 0.6 is 19.7 Å². The summed E-state index contributed by atoms with van der Waals surface area (Å²) in [7, 11) is 1.29. The average molecular weight is 586 g/mol. The zero-order valence-electron chi connectivity index (χ0n) is 11.4. The number of rotatable bonds is 2. The maximum absolute atomic E-state index is 13.7. The van der Waals surface area contributed by atoms with Crippen molar-refractivity contribution in [3.8, 4) is 11.1 Å². The van der Waals surface area contributed by atoms with Crippen molar-refractivity contribution in [1.82, 2.24) is 9.97 Å². The molecule has 0 spiro atoms. The monoisotopic (exact) mass is 588 g/mol. The van der Waals surface area contributed by atoms with E-state index >= 15 is 0 Å². The van der Waals surface area contributed by atoms with Crippen LogP contribution < -0.4 is 4.98 Å². The number of esters is 1. The molecule has 0 aliphatic heterocycles. The molecule has 3 aromatic rings. The van der Waals surface area contributed by atoms with Crippen molar-refractivity contribution < 1.29 is 29.0 Å². The molecule has 0 saturated heterocycles. The Morgan fingerprint density at radius 3 is 2.73 bits per heavy atom. The van der Waals surface area contributed by atoms with Crippen molar-refractivity contribution in [3.63, 3.8) is 0 Å². The fourth-order valence-electron chi connectivity index (χ4n) is 2.02. The summed E-state index contributed by atoms with van der Waals surface area (Å²) in [6, 6.07) is 9.78. The molecule has 1 aromatic carbocycles. The van der Waals surface area contributed by atoms with E-state index in [4.69, 9.17) is 0 Å². The number of hydrogen-bond acceptors (Lipinski definition) is 3. The van der Waals surface area contributed by atoms with Crippen LogP contribution in [0, 0.1) is 5.82 Å². The van der Waals surface area contributed by atoms with E-state index in [2.05, 4.69) is 34.4 Å². The number of pyridine rings is 1. The number of methoxy groups -OCH3 is 1. The van der Waals surface area contributed by atoms with E-state index in [0.29, 0.717) is 22.2 Å². The van der Waals surface area contributed by atoms with E-state index in [1.54, 1.807) is 30.3 Å². The fraction of sp³-hybridized carbons (Fsp3) is 0.0667. The normalized spacial score (nSPS) is 10.0. The third-order valence-electron chi connectivity index (χ3n) is 2.99. The molecule has 0 saturated carbocycles. The van der Waals surface area contributed by atoms with Gasteiger partial charge in [0.2, 0.25) is 0 Å². The summed E-state index contributed by atoms with van der Waals surface area (Å²) in [6.45, 7) is 0. The summed E-state index contributed by atoms with van der Waals surface area (Å²) >= 11 is 4.01. The van der Waals surface area contributed by atoms with Gasteiger partial charge in [-0.05, 0) is 29.1 Å². The molecule has 7 heteroatoms. The van der Waals surface area contributed by atoms with Crippen LogP contribution in [-0.4, -0.2) is 18.1 Å². The summed E-state index contributed by atoms with van der Waals surface area (Å²) in [5.74, 6) is -0.836. The number of nitrogens with zero attached hydrogens (tertiary/aromatic N) is 2. The van der Waals surface area contributed by atoms with Gasteiger partial charge >= 0.3 is 40.7 Å². The summed E-state index contributed by atoms with van der Waals surface area (Å²) in [4.78, 5) is 19.6. The van der Waals surface area contributed by atoms with E-state index in [1.165, 1.54) is 19.4 Å². The molecule has 4 nitrogen and oxygen atoms in total. The van der Waals surface area contributed by atoms with Gasteiger partial charge in [0.15, 0.2) is 0 Å². The first kappa shape index (κ1) is 17.0. The Labute approximate surface area is 147 Å². The van der Waals surface area contributed by atoms with Crippen LogP contribution in [0.15, 0.2) is 42.6 Å². The number of benzene rings is 1. The van der Waals surface area contributed by atoms with Crippen molar-refractivity contribution in [3.05, 3.63) is 54.1 Å². The number of halogens is 2. The zero-order valence-corrected chi connectivity index (χ0v) is 16.1. The minimum atomic E-state index is -0.518. The van der Waals surface area contributed by atoms with Gasteiger partial charge in [-0.3, -0.25) is 0 Å². The maximum atomic E-state index is 13.7. The Morgan fingerprint density at radius 2 is 2.05 bits per heavy atom. The molecule has 0 amide bonds. The van der Waals surface area contributed by atoms with Crippen LogP contribution in [0.4, 0.5) is 4.39 Å². The van der Waals surface area contributed by atoms with Gasteiger partial charge in [-0.25, -0.2) is 9.18 Å². The van der Waals surface area contributed by atoms with Crippen LogP contribution in [-0.2, 0) is 19.8 Å². The molecule has 0 aliphatic rings. The molecule has 0 bridgehead atoms. The molecule has 0 aliphatic carbocycles. The Morgan fingerprint density at radius 1 is 1.32 bits per heavy atom. The second-order valence-electron chi connectivity index (χ2n) is 4.25. The second-order valence-corrected chi connectivity index (χ2v) is 4.25. The molecule has 3 rings (SSSR count). The van der Waals surface area contributed by atoms with E-state index < -0.39 is 5.97 Å². The molecular formula is C15H10FIN2O2Os-. The summed E-state index contributed by atoms with van der Waals surface area (Å²) in [6.07, 6.45) is 1.54. The second kappa shape index (κ2) is 7.79. The quantitative estimate of drug-likeness (QED) is 0.340. The fourth-order valence-corrected chi connectivity index (χ4v) is 2.02. The number of fused-ring (bicyclic) bond motifs is 1. The molecular weight excluding hydrogens is 576 g/mol. The third-order valence-corrected chi connectivity index (χ3v) is 2.99. The van der Waals surface area contributed by atoms with Crippen LogP contribution in [0.2, 0.25) is 0 Å². The van der Waals surface area contributed by atoms with E-state index in [1.807, 2.05) is 15.1 Å². The van der Waals surface area contributed by atoms with E-state index in [9.17, 15) is 9.18 Å². The Balaban J connectivity index is 0.000000847. The molecule has 2 aromatic heterocycles. The predicted octanol–water partition coefficient (Wildman–Crippen LogP) is 3.67. The van der Waals surface area contributed by atoms with Gasteiger partial charge < -0.3 is 14.7 Å². The van der Waals surface area contributed by atoms with Gasteiger partial charge in [-0.15, -0.1) is 0 Å². The van der Waals surface area contributed by atoms with Gasteiger partial charge in [-0.1, -0.05) is 30.0 Å². The van der Waals surface area contributed by atoms with Gasteiger partial charge in [0.25, 0.3) is 0 Å². The molecule has 115 valence electrons. The number of hydrogen-bond donors (Lipinski definition) is 0. The predicted molar refractivity (Wildman–Crippen MR) is 85.8 cm³/mol. The first-order chi connectivity index (χ1) is 10.7. The van der Waals surface area contributed by atoms with Crippen molar-refractivity contribution in [2.45, 2.75) is 0 Å². The van der Waals surface area contributed by atoms with E-state index in [0.717, 1.165) is 0 Å². The van der Waals surface area contributed by atoms with Gasteiger partial charge in [0, 0.05) is 11.3 Å². The van der Waals surface area contributed by atoms with Crippen molar-refractivity contribution in [2.75, 3.05) is 7.11 Å². The Hall–Kier alpha value is -1.32. The van der Waals surface area contributed by atoms with Crippen LogP contribution in [0.3, 0.4) is 0 Å². The number of carbonyl (C=O) groups is 1. The molecule has 0 radical (unpaired) electrons. The first-order valence-corrected chi connectivity index (χ1v) is 13.3. The molecule has 22 heavy (non-hydrogen) atoms. The molecule has 0 unspecified atom stereocenters. The summed E-state index contributed by atoms with van der Waals surface area (Å²) in [5, 5.41) is 0.672. The number of ether oxygens (including phenoxy) is 1. The molecule has 0 fully saturated rings. The molecule has 2 heterocycles. The Kier molecular flexibility index (Phi) is 6.03. The number of carbonyl (C=O) groups excluding carboxylic acids is 1. The van der Waals surface area contributed by atoms with Crippen molar-refractivity contribution >= 4 is 36.7 Å². The standard InChI is InChI=1S/C15H11FN2O2.HI.Os/c1-20-15(19)13-7-9-6-10(8-17-14(9)18-13)11-4-2-3-5-12(11)16;;/h2-8H,1H3,(H,17,18,19);1H;/q;;+1/p-2. The van der Waals surface area contributed by atoms with Gasteiger partial charge in [0.1, 0.15) is 5.82 Å². The van der Waals surface area contributed by atoms with Crippen LogP contribution in [0.5, 0.6) is 0 Å². The zero-order chi connectivity index (χ0) is 16.1. The summed E-state index contributed by atoms with van der Waals surface area (Å²) < 4.78 is 18.4. The van der Waals surface area contributed by atoms with Crippen LogP contribution in [0.25, 0.3) is 22.2 Å². The van der Waals surface area contributed by atoms with E-state index in [-0.39, 0.29) is 11.5 Å². The Bertz CT molecular complexity index is 807. The molecule has 0 N–H and O–H groups in total. The average Bonchev–Trinajstić information content (AvgIpc) is 2.99. The minimum absolute atomic E-state index is 0.195. The van der Waals surface area contributed by atoms with Crippen molar-refractivity contribution in [1.29, 1.82) is 0 Å². The third kappa shape index (κ3) is 3.53. The SMILES string of the molecule is COC(=O)c1cc2cc(-c3ccccc3F)cnc2[n-]1.[I][Os]. The first-order valence-electron chi connectivity index (χ1n) is 6.09.